The van der Waals surface area contributed by atoms with Crippen LogP contribution in [0.3, 0.4) is 0 Å². The molecule has 1 atom stereocenters. The smallest absolute Gasteiger partial charge is 0.123 e. The van der Waals surface area contributed by atoms with Crippen LogP contribution in [0, 0.1) is 5.82 Å². The summed E-state index contributed by atoms with van der Waals surface area (Å²) < 4.78 is 13.2. The largest absolute Gasteiger partial charge is 0.394 e. The van der Waals surface area contributed by atoms with Crippen LogP contribution in [0.5, 0.6) is 0 Å². The molecular formula is C18H21FN2O. The third kappa shape index (κ3) is 2.28. The summed E-state index contributed by atoms with van der Waals surface area (Å²) in [7, 11) is 2.00. The van der Waals surface area contributed by atoms with Crippen molar-refractivity contribution in [3.63, 3.8) is 0 Å². The molecule has 0 spiro atoms. The van der Waals surface area contributed by atoms with Gasteiger partial charge in [0.25, 0.3) is 0 Å². The predicted octanol–water partition coefficient (Wildman–Crippen LogP) is 3.60. The second-order valence-corrected chi connectivity index (χ2v) is 5.96. The Morgan fingerprint density at radius 1 is 1.14 bits per heavy atom. The van der Waals surface area contributed by atoms with Crippen molar-refractivity contribution in [3.05, 3.63) is 53.8 Å². The highest BCUT2D eigenvalue weighted by molar-refractivity contribution is 5.77. The van der Waals surface area contributed by atoms with Gasteiger partial charge >= 0.3 is 0 Å². The fraction of sp³-hybridized carbons (Fsp3) is 0.333. The fourth-order valence-electron chi connectivity index (χ4n) is 3.34. The number of likely N-dealkylation sites (N-methyl/N-ethyl adjacent to an activating group) is 1. The highest BCUT2D eigenvalue weighted by Gasteiger charge is 2.36. The lowest BCUT2D eigenvalue weighted by Crippen LogP contribution is -2.42. The molecule has 0 saturated heterocycles. The number of hydrogen-bond acceptors (Lipinski definition) is 3. The predicted molar refractivity (Wildman–Crippen MR) is 87.0 cm³/mol. The number of anilines is 1. The SMILES string of the molecule is CC(C)N1c2cccc(-c3ccc(F)cc3)c2C(CO)N1C. The third-order valence-electron chi connectivity index (χ3n) is 4.27. The van der Waals surface area contributed by atoms with E-state index in [4.69, 9.17) is 0 Å². The summed E-state index contributed by atoms with van der Waals surface area (Å²) >= 11 is 0. The molecule has 1 aliphatic rings. The van der Waals surface area contributed by atoms with Gasteiger partial charge in [0.1, 0.15) is 5.82 Å². The molecule has 1 N–H and O–H groups in total. The zero-order valence-electron chi connectivity index (χ0n) is 13.1. The zero-order chi connectivity index (χ0) is 15.9. The van der Waals surface area contributed by atoms with Gasteiger partial charge in [0.2, 0.25) is 0 Å². The number of hydrogen-bond donors (Lipinski definition) is 1. The number of aliphatic hydroxyl groups excluding tert-OH is 1. The van der Waals surface area contributed by atoms with Gasteiger partial charge in [0.05, 0.1) is 18.3 Å². The monoisotopic (exact) mass is 300 g/mol. The Labute approximate surface area is 130 Å². The highest BCUT2D eigenvalue weighted by Crippen LogP contribution is 2.45. The molecule has 116 valence electrons. The van der Waals surface area contributed by atoms with E-state index in [9.17, 15) is 9.50 Å². The van der Waals surface area contributed by atoms with E-state index < -0.39 is 0 Å². The average Bonchev–Trinajstić information content (AvgIpc) is 2.79. The van der Waals surface area contributed by atoms with Gasteiger partial charge < -0.3 is 10.1 Å². The Bertz CT molecular complexity index is 669. The maximum absolute atomic E-state index is 13.2. The third-order valence-corrected chi connectivity index (χ3v) is 4.27. The van der Waals surface area contributed by atoms with Gasteiger partial charge in [-0.15, -0.1) is 0 Å². The Kier molecular flexibility index (Phi) is 3.89. The molecule has 0 radical (unpaired) electrons. The number of fused-ring (bicyclic) bond motifs is 1. The van der Waals surface area contributed by atoms with Gasteiger partial charge in [-0.25, -0.2) is 9.40 Å². The van der Waals surface area contributed by atoms with Crippen LogP contribution in [0.4, 0.5) is 10.1 Å². The lowest BCUT2D eigenvalue weighted by Gasteiger charge is -2.33. The van der Waals surface area contributed by atoms with Crippen LogP contribution in [-0.2, 0) is 0 Å². The summed E-state index contributed by atoms with van der Waals surface area (Å²) in [5.41, 5.74) is 4.23. The fourth-order valence-corrected chi connectivity index (χ4v) is 3.34. The molecule has 0 bridgehead atoms. The second-order valence-electron chi connectivity index (χ2n) is 5.96. The molecule has 4 heteroatoms. The van der Waals surface area contributed by atoms with Crippen molar-refractivity contribution in [2.24, 2.45) is 0 Å². The van der Waals surface area contributed by atoms with Gasteiger partial charge in [0.15, 0.2) is 0 Å². The van der Waals surface area contributed by atoms with E-state index in [0.29, 0.717) is 6.04 Å². The Morgan fingerprint density at radius 2 is 1.82 bits per heavy atom. The summed E-state index contributed by atoms with van der Waals surface area (Å²) in [6.45, 7) is 4.31. The molecule has 0 aromatic heterocycles. The summed E-state index contributed by atoms with van der Waals surface area (Å²) in [4.78, 5) is 0. The average molecular weight is 300 g/mol. The quantitative estimate of drug-likeness (QED) is 0.938. The first-order valence-electron chi connectivity index (χ1n) is 7.56. The topological polar surface area (TPSA) is 26.7 Å². The molecule has 0 aliphatic carbocycles. The van der Waals surface area contributed by atoms with Crippen LogP contribution in [0.15, 0.2) is 42.5 Å². The molecule has 1 aliphatic heterocycles. The van der Waals surface area contributed by atoms with E-state index in [2.05, 4.69) is 29.9 Å². The van der Waals surface area contributed by atoms with Crippen LogP contribution >= 0.6 is 0 Å². The van der Waals surface area contributed by atoms with E-state index in [1.807, 2.05) is 19.2 Å². The maximum Gasteiger partial charge on any atom is 0.123 e. The molecule has 0 fully saturated rings. The summed E-state index contributed by atoms with van der Waals surface area (Å²) in [5, 5.41) is 14.2. The van der Waals surface area contributed by atoms with Crippen LogP contribution in [0.1, 0.15) is 25.5 Å². The van der Waals surface area contributed by atoms with Crippen molar-refractivity contribution in [1.82, 2.24) is 5.01 Å². The first-order valence-corrected chi connectivity index (χ1v) is 7.56. The maximum atomic E-state index is 13.2. The number of hydrazine groups is 1. The van der Waals surface area contributed by atoms with E-state index in [0.717, 1.165) is 22.4 Å². The van der Waals surface area contributed by atoms with Crippen LogP contribution in [-0.4, -0.2) is 29.8 Å². The molecule has 3 nitrogen and oxygen atoms in total. The molecule has 2 aromatic rings. The van der Waals surface area contributed by atoms with Crippen LogP contribution in [0.25, 0.3) is 11.1 Å². The number of nitrogens with zero attached hydrogens (tertiary/aromatic N) is 2. The van der Waals surface area contributed by atoms with E-state index in [1.165, 1.54) is 12.1 Å². The van der Waals surface area contributed by atoms with Crippen LogP contribution in [0.2, 0.25) is 0 Å². The number of benzene rings is 2. The number of aliphatic hydroxyl groups is 1. The van der Waals surface area contributed by atoms with Gasteiger partial charge in [-0.2, -0.15) is 0 Å². The molecule has 3 rings (SSSR count). The second kappa shape index (κ2) is 5.71. The summed E-state index contributed by atoms with van der Waals surface area (Å²) in [5.74, 6) is -0.240. The van der Waals surface area contributed by atoms with Gasteiger partial charge in [0, 0.05) is 18.7 Å². The molecule has 22 heavy (non-hydrogen) atoms. The Morgan fingerprint density at radius 3 is 2.41 bits per heavy atom. The Balaban J connectivity index is 2.18. The molecular weight excluding hydrogens is 279 g/mol. The molecule has 1 heterocycles. The number of rotatable bonds is 3. The molecule has 0 amide bonds. The van der Waals surface area contributed by atoms with E-state index in [1.54, 1.807) is 12.1 Å². The minimum Gasteiger partial charge on any atom is -0.394 e. The minimum atomic E-state index is -0.240. The normalized spacial score (nSPS) is 18.1. The van der Waals surface area contributed by atoms with Crippen molar-refractivity contribution in [1.29, 1.82) is 0 Å². The van der Waals surface area contributed by atoms with Crippen LogP contribution < -0.4 is 5.01 Å². The highest BCUT2D eigenvalue weighted by atomic mass is 19.1. The van der Waals surface area contributed by atoms with Crippen molar-refractivity contribution < 1.29 is 9.50 Å². The Hall–Kier alpha value is -1.91. The van der Waals surface area contributed by atoms with Crippen molar-refractivity contribution in [2.45, 2.75) is 25.9 Å². The van der Waals surface area contributed by atoms with Gasteiger partial charge in [-0.1, -0.05) is 24.3 Å². The van der Waals surface area contributed by atoms with E-state index >= 15 is 0 Å². The van der Waals surface area contributed by atoms with E-state index in [-0.39, 0.29) is 18.5 Å². The van der Waals surface area contributed by atoms with Crippen molar-refractivity contribution in [2.75, 3.05) is 18.7 Å². The molecule has 2 aromatic carbocycles. The summed E-state index contributed by atoms with van der Waals surface area (Å²) in [6, 6.07) is 12.9. The first kappa shape index (κ1) is 15.0. The number of halogens is 1. The standard InChI is InChI=1S/C18H21FN2O/c1-12(2)21-16-6-4-5-15(13-7-9-14(19)10-8-13)18(16)17(11-22)20(21)3/h4-10,12,17,22H,11H2,1-3H3. The van der Waals surface area contributed by atoms with Crippen molar-refractivity contribution in [3.8, 4) is 11.1 Å². The first-order chi connectivity index (χ1) is 10.5. The van der Waals surface area contributed by atoms with Crippen molar-refractivity contribution >= 4 is 5.69 Å². The summed E-state index contributed by atoms with van der Waals surface area (Å²) in [6.07, 6.45) is 0. The lowest BCUT2D eigenvalue weighted by atomic mass is 9.94. The lowest BCUT2D eigenvalue weighted by molar-refractivity contribution is 0.147. The van der Waals surface area contributed by atoms with Gasteiger partial charge in [-0.05, 0) is 43.2 Å². The minimum absolute atomic E-state index is 0.0466. The van der Waals surface area contributed by atoms with Gasteiger partial charge in [-0.3, -0.25) is 0 Å². The molecule has 1 unspecified atom stereocenters. The molecule has 0 saturated carbocycles. The zero-order valence-corrected chi connectivity index (χ0v) is 13.1.